The molecule has 1 amide bonds. The second-order valence-electron chi connectivity index (χ2n) is 6.81. The van der Waals surface area contributed by atoms with Gasteiger partial charge >= 0.3 is 0 Å². The molecule has 1 heterocycles. The number of benzene rings is 2. The summed E-state index contributed by atoms with van der Waals surface area (Å²) < 4.78 is 15.8. The second-order valence-corrected chi connectivity index (χ2v) is 9.09. The largest absolute Gasteiger partial charge is 0.368 e. The molecule has 2 aromatic carbocycles. The van der Waals surface area contributed by atoms with Crippen molar-refractivity contribution in [3.63, 3.8) is 0 Å². The Balaban J connectivity index is 1.69. The molecule has 2 aromatic rings. The zero-order chi connectivity index (χ0) is 21.6. The summed E-state index contributed by atoms with van der Waals surface area (Å²) in [6.45, 7) is 4.97. The monoisotopic (exact) mass is 469 g/mol. The first-order chi connectivity index (χ1) is 14.3. The van der Waals surface area contributed by atoms with E-state index in [1.807, 2.05) is 60.7 Å². The van der Waals surface area contributed by atoms with E-state index in [2.05, 4.69) is 11.9 Å². The van der Waals surface area contributed by atoms with E-state index in [1.165, 1.54) is 0 Å². The van der Waals surface area contributed by atoms with Gasteiger partial charge in [-0.3, -0.25) is 4.79 Å². The fraction of sp³-hybridized carbons (Fsp3) is 0.318. The van der Waals surface area contributed by atoms with Crippen molar-refractivity contribution >= 4 is 40.7 Å². The summed E-state index contributed by atoms with van der Waals surface area (Å²) in [5.74, 6) is -0.802. The number of hydrogen-bond acceptors (Lipinski definition) is 4. The summed E-state index contributed by atoms with van der Waals surface area (Å²) in [4.78, 5) is 12.1. The Labute approximate surface area is 190 Å². The topological polar surface area (TPSA) is 56.8 Å². The molecule has 0 aromatic heterocycles. The van der Waals surface area contributed by atoms with Gasteiger partial charge in [-0.15, -0.1) is 0 Å². The first-order valence-corrected chi connectivity index (χ1v) is 10.5. The molecule has 1 aliphatic rings. The minimum absolute atomic E-state index is 0.177. The van der Waals surface area contributed by atoms with Crippen molar-refractivity contribution in [3.05, 3.63) is 83.9 Å². The van der Waals surface area contributed by atoms with Crippen LogP contribution in [0.4, 0.5) is 0 Å². The third kappa shape index (κ3) is 6.45. The molecule has 3 atom stereocenters. The van der Waals surface area contributed by atoms with Crippen LogP contribution >= 0.6 is 34.8 Å². The van der Waals surface area contributed by atoms with Crippen molar-refractivity contribution < 1.29 is 19.0 Å². The van der Waals surface area contributed by atoms with Crippen LogP contribution in [0.3, 0.4) is 0 Å². The molecule has 5 nitrogen and oxygen atoms in total. The highest BCUT2D eigenvalue weighted by Gasteiger charge is 2.40. The maximum absolute atomic E-state index is 12.1. The molecule has 0 unspecified atom stereocenters. The highest BCUT2D eigenvalue weighted by Crippen LogP contribution is 2.29. The Hall–Kier alpha value is -1.60. The number of carbonyl (C=O) groups excluding carboxylic acids is 1. The first-order valence-electron chi connectivity index (χ1n) is 9.33. The SMILES string of the molecule is C=C1[C@@H](NC(=O)C(Cl)(Cl)Cl)OC[C@@H](OCc2ccccc2)[C@H]1OCc1ccccc1. The van der Waals surface area contributed by atoms with Crippen molar-refractivity contribution in [1.29, 1.82) is 0 Å². The molecule has 0 saturated carbocycles. The van der Waals surface area contributed by atoms with Gasteiger partial charge in [-0.25, -0.2) is 0 Å². The van der Waals surface area contributed by atoms with E-state index >= 15 is 0 Å². The van der Waals surface area contributed by atoms with Crippen molar-refractivity contribution in [2.45, 2.75) is 35.4 Å². The van der Waals surface area contributed by atoms with Crippen LogP contribution < -0.4 is 5.32 Å². The molecule has 8 heteroatoms. The minimum Gasteiger partial charge on any atom is -0.368 e. The van der Waals surface area contributed by atoms with Crippen LogP contribution in [0, 0.1) is 0 Å². The van der Waals surface area contributed by atoms with Crippen LogP contribution in [-0.2, 0) is 32.2 Å². The van der Waals surface area contributed by atoms with E-state index in [4.69, 9.17) is 49.0 Å². The number of nitrogens with one attached hydrogen (secondary N) is 1. The number of amides is 1. The lowest BCUT2D eigenvalue weighted by Gasteiger charge is -2.38. The number of carbonyl (C=O) groups is 1. The Bertz CT molecular complexity index is 842. The lowest BCUT2D eigenvalue weighted by molar-refractivity contribution is -0.151. The highest BCUT2D eigenvalue weighted by molar-refractivity contribution is 6.76. The first kappa shape index (κ1) is 23.1. The predicted molar refractivity (Wildman–Crippen MR) is 117 cm³/mol. The molecular weight excluding hydrogens is 449 g/mol. The third-order valence-corrected chi connectivity index (χ3v) is 5.08. The van der Waals surface area contributed by atoms with E-state index < -0.39 is 28.1 Å². The van der Waals surface area contributed by atoms with Crippen LogP contribution in [-0.4, -0.2) is 34.7 Å². The normalized spacial score (nSPS) is 22.0. The Morgan fingerprint density at radius 2 is 1.53 bits per heavy atom. The number of ether oxygens (including phenoxy) is 3. The van der Waals surface area contributed by atoms with Crippen molar-refractivity contribution in [2.75, 3.05) is 6.61 Å². The van der Waals surface area contributed by atoms with Gasteiger partial charge in [0.1, 0.15) is 12.2 Å². The third-order valence-electron chi connectivity index (χ3n) is 4.57. The zero-order valence-corrected chi connectivity index (χ0v) is 18.4. The van der Waals surface area contributed by atoms with Gasteiger partial charge in [0.05, 0.1) is 19.8 Å². The van der Waals surface area contributed by atoms with Gasteiger partial charge in [-0.05, 0) is 11.1 Å². The number of alkyl halides is 3. The Morgan fingerprint density at radius 3 is 2.07 bits per heavy atom. The Kier molecular flexibility index (Phi) is 8.17. The molecule has 0 radical (unpaired) electrons. The lowest BCUT2D eigenvalue weighted by atomic mass is 10.0. The van der Waals surface area contributed by atoms with Crippen molar-refractivity contribution in [2.24, 2.45) is 0 Å². The van der Waals surface area contributed by atoms with Crippen molar-refractivity contribution in [1.82, 2.24) is 5.32 Å². The molecule has 1 saturated heterocycles. The van der Waals surface area contributed by atoms with Crippen LogP contribution in [0.5, 0.6) is 0 Å². The highest BCUT2D eigenvalue weighted by atomic mass is 35.6. The molecular formula is C22H22Cl3NO4. The molecule has 0 aliphatic carbocycles. The fourth-order valence-electron chi connectivity index (χ4n) is 3.00. The van der Waals surface area contributed by atoms with Crippen LogP contribution in [0.2, 0.25) is 0 Å². The van der Waals surface area contributed by atoms with Gasteiger partial charge in [0.15, 0.2) is 6.23 Å². The molecule has 1 fully saturated rings. The molecule has 1 aliphatic heterocycles. The molecule has 160 valence electrons. The van der Waals surface area contributed by atoms with Gasteiger partial charge < -0.3 is 19.5 Å². The fourth-order valence-corrected chi connectivity index (χ4v) is 3.16. The maximum atomic E-state index is 12.1. The average molecular weight is 471 g/mol. The summed E-state index contributed by atoms with van der Waals surface area (Å²) >= 11 is 17.0. The van der Waals surface area contributed by atoms with E-state index in [9.17, 15) is 4.79 Å². The summed E-state index contributed by atoms with van der Waals surface area (Å²) in [5.41, 5.74) is 2.51. The smallest absolute Gasteiger partial charge is 0.274 e. The molecule has 1 N–H and O–H groups in total. The number of rotatable bonds is 7. The quantitative estimate of drug-likeness (QED) is 0.476. The minimum atomic E-state index is -2.11. The summed E-state index contributed by atoms with van der Waals surface area (Å²) in [6, 6.07) is 19.5. The van der Waals surface area contributed by atoms with Gasteiger partial charge in [0.25, 0.3) is 9.70 Å². The van der Waals surface area contributed by atoms with E-state index in [1.54, 1.807) is 0 Å². The predicted octanol–water partition coefficient (Wildman–Crippen LogP) is 4.56. The molecule has 3 rings (SSSR count). The number of halogens is 3. The van der Waals surface area contributed by atoms with Gasteiger partial charge in [-0.1, -0.05) is 102 Å². The summed E-state index contributed by atoms with van der Waals surface area (Å²) in [6.07, 6.45) is -1.80. The average Bonchev–Trinajstić information content (AvgIpc) is 2.74. The summed E-state index contributed by atoms with van der Waals surface area (Å²) in [5, 5.41) is 2.54. The van der Waals surface area contributed by atoms with E-state index in [0.717, 1.165) is 11.1 Å². The van der Waals surface area contributed by atoms with Crippen LogP contribution in [0.25, 0.3) is 0 Å². The maximum Gasteiger partial charge on any atom is 0.274 e. The van der Waals surface area contributed by atoms with Gasteiger partial charge in [0, 0.05) is 5.57 Å². The lowest BCUT2D eigenvalue weighted by Crippen LogP contribution is -2.53. The molecule has 0 bridgehead atoms. The Morgan fingerprint density at radius 1 is 1.00 bits per heavy atom. The van der Waals surface area contributed by atoms with Crippen LogP contribution in [0.15, 0.2) is 72.8 Å². The molecule has 30 heavy (non-hydrogen) atoms. The second kappa shape index (κ2) is 10.6. The van der Waals surface area contributed by atoms with E-state index in [-0.39, 0.29) is 6.61 Å². The van der Waals surface area contributed by atoms with Crippen molar-refractivity contribution in [3.8, 4) is 0 Å². The zero-order valence-electron chi connectivity index (χ0n) is 16.1. The summed E-state index contributed by atoms with van der Waals surface area (Å²) in [7, 11) is 0. The molecule has 0 spiro atoms. The van der Waals surface area contributed by atoms with Gasteiger partial charge in [-0.2, -0.15) is 0 Å². The van der Waals surface area contributed by atoms with Crippen LogP contribution in [0.1, 0.15) is 11.1 Å². The van der Waals surface area contributed by atoms with E-state index in [0.29, 0.717) is 18.8 Å². The van der Waals surface area contributed by atoms with Gasteiger partial charge in [0.2, 0.25) is 0 Å². The standard InChI is InChI=1S/C22H22Cl3NO4/c1-15-19(29-13-17-10-6-3-7-11-17)18(28-12-16-8-4-2-5-9-16)14-30-20(15)26-21(27)22(23,24)25/h2-11,18-20H,1,12-14H2,(H,26,27)/t18-,19+,20+/m1/s1. The number of hydrogen-bond donors (Lipinski definition) is 1.